The Morgan fingerprint density at radius 3 is 2.31 bits per heavy atom. The van der Waals surface area contributed by atoms with Crippen molar-refractivity contribution < 1.29 is 4.21 Å². The predicted octanol–water partition coefficient (Wildman–Crippen LogP) is 0.932. The Morgan fingerprint density at radius 1 is 1.25 bits per heavy atom. The van der Waals surface area contributed by atoms with E-state index >= 15 is 0 Å². The van der Waals surface area contributed by atoms with Crippen molar-refractivity contribution in [2.75, 3.05) is 44.7 Å². The van der Waals surface area contributed by atoms with Crippen molar-refractivity contribution in [3.05, 3.63) is 0 Å². The highest BCUT2D eigenvalue weighted by Gasteiger charge is 2.16. The summed E-state index contributed by atoms with van der Waals surface area (Å²) in [4.78, 5) is 2.54. The third-order valence-electron chi connectivity index (χ3n) is 3.03. The van der Waals surface area contributed by atoms with Gasteiger partial charge in [0.2, 0.25) is 0 Å². The third-order valence-corrected chi connectivity index (χ3v) is 3.90. The molecule has 1 aliphatic heterocycles. The molecule has 0 aromatic rings. The summed E-state index contributed by atoms with van der Waals surface area (Å²) < 4.78 is 11.0. The number of nitrogens with zero attached hydrogens (tertiary/aromatic N) is 1. The van der Waals surface area contributed by atoms with Crippen molar-refractivity contribution >= 4 is 10.8 Å². The molecule has 1 saturated heterocycles. The van der Waals surface area contributed by atoms with Crippen LogP contribution in [0.3, 0.4) is 0 Å². The third kappa shape index (κ3) is 5.97. The lowest BCUT2D eigenvalue weighted by molar-refractivity contribution is 0.186. The number of hydrogen-bond donors (Lipinski definition) is 1. The van der Waals surface area contributed by atoms with Crippen LogP contribution in [0.25, 0.3) is 0 Å². The first kappa shape index (κ1) is 14.1. The molecule has 1 heterocycles. The lowest BCUT2D eigenvalue weighted by Crippen LogP contribution is -2.43. The van der Waals surface area contributed by atoms with Crippen LogP contribution in [-0.2, 0) is 10.8 Å². The smallest absolute Gasteiger partial charge is 0.0244 e. The first-order valence-corrected chi connectivity index (χ1v) is 8.03. The highest BCUT2D eigenvalue weighted by atomic mass is 32.2. The largest absolute Gasteiger partial charge is 0.316 e. The van der Waals surface area contributed by atoms with Crippen LogP contribution in [0.15, 0.2) is 0 Å². The number of nitrogens with one attached hydrogen (secondary N) is 1. The molecule has 4 heteroatoms. The zero-order valence-corrected chi connectivity index (χ0v) is 11.7. The SMILES string of the molecule is CC1CNCC(C)CN(CCCS(C)=O)C1. The Hall–Kier alpha value is 0.0700. The zero-order valence-electron chi connectivity index (χ0n) is 10.9. The van der Waals surface area contributed by atoms with Crippen molar-refractivity contribution in [3.63, 3.8) is 0 Å². The van der Waals surface area contributed by atoms with Gasteiger partial charge in [-0.1, -0.05) is 13.8 Å². The Bertz CT molecular complexity index is 211. The summed E-state index contributed by atoms with van der Waals surface area (Å²) in [5.74, 6) is 2.29. The van der Waals surface area contributed by atoms with Gasteiger partial charge in [-0.05, 0) is 37.9 Å². The van der Waals surface area contributed by atoms with Crippen LogP contribution < -0.4 is 5.32 Å². The highest BCUT2D eigenvalue weighted by molar-refractivity contribution is 7.84. The maximum atomic E-state index is 11.0. The monoisotopic (exact) mass is 246 g/mol. The van der Waals surface area contributed by atoms with Gasteiger partial charge in [-0.25, -0.2) is 0 Å². The van der Waals surface area contributed by atoms with E-state index < -0.39 is 10.8 Å². The van der Waals surface area contributed by atoms with Gasteiger partial charge in [0.15, 0.2) is 0 Å². The van der Waals surface area contributed by atoms with Crippen LogP contribution >= 0.6 is 0 Å². The highest BCUT2D eigenvalue weighted by Crippen LogP contribution is 2.08. The normalized spacial score (nSPS) is 30.7. The van der Waals surface area contributed by atoms with E-state index in [1.807, 2.05) is 0 Å². The van der Waals surface area contributed by atoms with E-state index in [2.05, 4.69) is 24.1 Å². The summed E-state index contributed by atoms with van der Waals surface area (Å²) in [7, 11) is -0.634. The molecule has 1 aliphatic rings. The molecule has 0 amide bonds. The van der Waals surface area contributed by atoms with Crippen LogP contribution in [0.5, 0.6) is 0 Å². The molecular weight excluding hydrogens is 220 g/mol. The molecule has 96 valence electrons. The molecule has 1 N–H and O–H groups in total. The maximum absolute atomic E-state index is 11.0. The second-order valence-electron chi connectivity index (χ2n) is 5.26. The van der Waals surface area contributed by atoms with Gasteiger partial charge < -0.3 is 10.2 Å². The van der Waals surface area contributed by atoms with Crippen molar-refractivity contribution in [3.8, 4) is 0 Å². The van der Waals surface area contributed by atoms with E-state index in [0.29, 0.717) is 0 Å². The molecule has 0 saturated carbocycles. The van der Waals surface area contributed by atoms with Crippen LogP contribution in [0.4, 0.5) is 0 Å². The van der Waals surface area contributed by atoms with Gasteiger partial charge in [-0.3, -0.25) is 4.21 Å². The molecule has 3 nitrogen and oxygen atoms in total. The van der Waals surface area contributed by atoms with Crippen molar-refractivity contribution in [2.24, 2.45) is 11.8 Å². The van der Waals surface area contributed by atoms with Crippen LogP contribution in [0.2, 0.25) is 0 Å². The average Bonchev–Trinajstić information content (AvgIpc) is 2.14. The van der Waals surface area contributed by atoms with Crippen molar-refractivity contribution in [1.29, 1.82) is 0 Å². The summed E-state index contributed by atoms with van der Waals surface area (Å²) in [5, 5.41) is 3.51. The van der Waals surface area contributed by atoms with E-state index in [1.54, 1.807) is 6.26 Å². The molecule has 3 atom stereocenters. The van der Waals surface area contributed by atoms with E-state index in [4.69, 9.17) is 0 Å². The Morgan fingerprint density at radius 2 is 1.81 bits per heavy atom. The standard InChI is InChI=1S/C12H26N2OS/c1-11-7-13-8-12(2)10-14(9-11)5-4-6-16(3)15/h11-13H,4-10H2,1-3H3. The van der Waals surface area contributed by atoms with Gasteiger partial charge in [0.1, 0.15) is 0 Å². The molecule has 16 heavy (non-hydrogen) atoms. The van der Waals surface area contributed by atoms with Gasteiger partial charge >= 0.3 is 0 Å². The molecule has 0 spiro atoms. The maximum Gasteiger partial charge on any atom is 0.0244 e. The van der Waals surface area contributed by atoms with E-state index in [0.717, 1.165) is 43.6 Å². The molecule has 3 unspecified atom stereocenters. The van der Waals surface area contributed by atoms with Gasteiger partial charge in [0.25, 0.3) is 0 Å². The van der Waals surface area contributed by atoms with Gasteiger partial charge in [0, 0.05) is 35.9 Å². The molecule has 0 bridgehead atoms. The minimum atomic E-state index is -0.634. The fraction of sp³-hybridized carbons (Fsp3) is 1.00. The van der Waals surface area contributed by atoms with Crippen molar-refractivity contribution in [1.82, 2.24) is 10.2 Å². The topological polar surface area (TPSA) is 32.3 Å². The van der Waals surface area contributed by atoms with E-state index in [9.17, 15) is 4.21 Å². The molecule has 1 fully saturated rings. The van der Waals surface area contributed by atoms with Crippen molar-refractivity contribution in [2.45, 2.75) is 20.3 Å². The molecule has 0 radical (unpaired) electrons. The van der Waals surface area contributed by atoms with Gasteiger partial charge in [-0.15, -0.1) is 0 Å². The summed E-state index contributed by atoms with van der Waals surface area (Å²) in [6.45, 7) is 10.3. The molecule has 0 aliphatic carbocycles. The number of rotatable bonds is 4. The second-order valence-corrected chi connectivity index (χ2v) is 6.81. The lowest BCUT2D eigenvalue weighted by atomic mass is 10.1. The predicted molar refractivity (Wildman–Crippen MR) is 71.2 cm³/mol. The van der Waals surface area contributed by atoms with Gasteiger partial charge in [-0.2, -0.15) is 0 Å². The minimum Gasteiger partial charge on any atom is -0.316 e. The summed E-state index contributed by atoms with van der Waals surface area (Å²) in [6.07, 6.45) is 2.86. The van der Waals surface area contributed by atoms with Crippen LogP contribution in [-0.4, -0.2) is 53.8 Å². The van der Waals surface area contributed by atoms with Gasteiger partial charge in [0.05, 0.1) is 0 Å². The lowest BCUT2D eigenvalue weighted by Gasteiger charge is -2.31. The summed E-state index contributed by atoms with van der Waals surface area (Å²) in [5.41, 5.74) is 0. The fourth-order valence-corrected chi connectivity index (χ4v) is 2.87. The first-order valence-electron chi connectivity index (χ1n) is 6.31. The van der Waals surface area contributed by atoms with Crippen LogP contribution in [0, 0.1) is 11.8 Å². The first-order chi connectivity index (χ1) is 7.58. The fourth-order valence-electron chi connectivity index (χ4n) is 2.34. The minimum absolute atomic E-state index is 0.634. The molecule has 0 aromatic carbocycles. The quantitative estimate of drug-likeness (QED) is 0.801. The molecular formula is C12H26N2OS. The van der Waals surface area contributed by atoms with Crippen LogP contribution in [0.1, 0.15) is 20.3 Å². The summed E-state index contributed by atoms with van der Waals surface area (Å²) >= 11 is 0. The van der Waals surface area contributed by atoms with E-state index in [1.165, 1.54) is 13.1 Å². The number of hydrogen-bond acceptors (Lipinski definition) is 3. The average molecular weight is 246 g/mol. The van der Waals surface area contributed by atoms with E-state index in [-0.39, 0.29) is 0 Å². The second kappa shape index (κ2) is 7.41. The summed E-state index contributed by atoms with van der Waals surface area (Å²) in [6, 6.07) is 0. The Labute approximate surface area is 102 Å². The Kier molecular flexibility index (Phi) is 6.54. The molecule has 1 rings (SSSR count). The Balaban J connectivity index is 2.32. The zero-order chi connectivity index (χ0) is 12.0. The molecule has 0 aromatic heterocycles.